The van der Waals surface area contributed by atoms with Gasteiger partial charge >= 0.3 is 0 Å². The number of amides is 1. The number of carbonyl (C=O) groups excluding carboxylic acids is 1. The summed E-state index contributed by atoms with van der Waals surface area (Å²) in [6, 6.07) is 8.73. The van der Waals surface area contributed by atoms with Gasteiger partial charge in [0.15, 0.2) is 0 Å². The van der Waals surface area contributed by atoms with Crippen LogP contribution in [0, 0.1) is 0 Å². The molecule has 0 saturated carbocycles. The quantitative estimate of drug-likeness (QED) is 0.909. The van der Waals surface area contributed by atoms with Crippen molar-refractivity contribution in [2.45, 2.75) is 44.9 Å². The van der Waals surface area contributed by atoms with Gasteiger partial charge in [-0.25, -0.2) is 0 Å². The smallest absolute Gasteiger partial charge is 0.253 e. The molecular formula is C20H27N3O2. The number of rotatable bonds is 5. The lowest BCUT2D eigenvalue weighted by Gasteiger charge is -2.35. The van der Waals surface area contributed by atoms with Crippen LogP contribution in [0.25, 0.3) is 10.9 Å². The molecule has 5 heteroatoms. The number of carbonyl (C=O) groups is 1. The molecule has 2 atom stereocenters. The number of para-hydroxylation sites is 1. The second kappa shape index (κ2) is 7.18. The molecule has 1 aromatic heterocycles. The lowest BCUT2D eigenvalue weighted by Crippen LogP contribution is -2.50. The van der Waals surface area contributed by atoms with Gasteiger partial charge < -0.3 is 14.6 Å². The van der Waals surface area contributed by atoms with E-state index in [0.29, 0.717) is 12.6 Å². The zero-order valence-electron chi connectivity index (χ0n) is 14.9. The number of aromatic nitrogens is 1. The van der Waals surface area contributed by atoms with Crippen LogP contribution in [0.3, 0.4) is 0 Å². The average molecular weight is 341 g/mol. The summed E-state index contributed by atoms with van der Waals surface area (Å²) in [6.45, 7) is 6.56. The molecule has 2 saturated heterocycles. The highest BCUT2D eigenvalue weighted by molar-refractivity contribution is 6.07. The third-order valence-corrected chi connectivity index (χ3v) is 5.45. The summed E-state index contributed by atoms with van der Waals surface area (Å²) in [5, 5.41) is 4.12. The van der Waals surface area contributed by atoms with Crippen molar-refractivity contribution in [2.75, 3.05) is 26.2 Å². The first-order valence-corrected chi connectivity index (χ1v) is 9.48. The van der Waals surface area contributed by atoms with Crippen LogP contribution in [0.2, 0.25) is 0 Å². The molecule has 1 amide bonds. The molecular weight excluding hydrogens is 314 g/mol. The van der Waals surface area contributed by atoms with Crippen molar-refractivity contribution in [3.05, 3.63) is 36.0 Å². The summed E-state index contributed by atoms with van der Waals surface area (Å²) in [5.74, 6) is -0.00167. The van der Waals surface area contributed by atoms with Crippen LogP contribution < -0.4 is 5.32 Å². The summed E-state index contributed by atoms with van der Waals surface area (Å²) in [4.78, 5) is 15.3. The Balaban J connectivity index is 1.43. The Morgan fingerprint density at radius 3 is 3.12 bits per heavy atom. The van der Waals surface area contributed by atoms with Gasteiger partial charge in [0, 0.05) is 42.8 Å². The van der Waals surface area contributed by atoms with Gasteiger partial charge in [-0.3, -0.25) is 9.69 Å². The molecule has 3 heterocycles. The van der Waals surface area contributed by atoms with E-state index >= 15 is 0 Å². The second-order valence-corrected chi connectivity index (χ2v) is 7.21. The zero-order chi connectivity index (χ0) is 17.2. The minimum absolute atomic E-state index is 0.00167. The van der Waals surface area contributed by atoms with Crippen molar-refractivity contribution >= 4 is 16.8 Å². The first-order chi connectivity index (χ1) is 12.3. The topological polar surface area (TPSA) is 46.5 Å². The highest BCUT2D eigenvalue weighted by Gasteiger charge is 2.32. The minimum atomic E-state index is -0.00167. The molecule has 2 unspecified atom stereocenters. The number of aryl methyl sites for hydroxylation is 1. The number of hydrogen-bond donors (Lipinski definition) is 1. The van der Waals surface area contributed by atoms with Gasteiger partial charge in [-0.2, -0.15) is 0 Å². The Morgan fingerprint density at radius 1 is 1.36 bits per heavy atom. The zero-order valence-corrected chi connectivity index (χ0v) is 14.9. The third-order valence-electron chi connectivity index (χ3n) is 5.45. The van der Waals surface area contributed by atoms with Crippen molar-refractivity contribution in [1.82, 2.24) is 14.8 Å². The first-order valence-electron chi connectivity index (χ1n) is 9.48. The van der Waals surface area contributed by atoms with Gasteiger partial charge in [0.25, 0.3) is 5.91 Å². The maximum atomic E-state index is 12.8. The molecule has 134 valence electrons. The number of morpholine rings is 1. The highest BCUT2D eigenvalue weighted by Crippen LogP contribution is 2.23. The monoisotopic (exact) mass is 341 g/mol. The molecule has 2 aliphatic heterocycles. The molecule has 2 aromatic rings. The Hall–Kier alpha value is -1.85. The number of benzene rings is 1. The maximum Gasteiger partial charge on any atom is 0.253 e. The van der Waals surface area contributed by atoms with Gasteiger partial charge in [-0.05, 0) is 31.9 Å². The Morgan fingerprint density at radius 2 is 2.24 bits per heavy atom. The third kappa shape index (κ3) is 3.31. The van der Waals surface area contributed by atoms with Gasteiger partial charge in [-0.15, -0.1) is 0 Å². The van der Waals surface area contributed by atoms with Crippen molar-refractivity contribution in [2.24, 2.45) is 0 Å². The number of ether oxygens (including phenoxy) is 1. The van der Waals surface area contributed by atoms with E-state index in [2.05, 4.69) is 27.8 Å². The Kier molecular flexibility index (Phi) is 4.77. The van der Waals surface area contributed by atoms with Crippen LogP contribution in [0.15, 0.2) is 30.5 Å². The molecule has 4 rings (SSSR count). The normalized spacial score (nSPS) is 23.7. The number of nitrogens with zero attached hydrogens (tertiary/aromatic N) is 2. The predicted octanol–water partition coefficient (Wildman–Crippen LogP) is 2.64. The molecule has 0 bridgehead atoms. The largest absolute Gasteiger partial charge is 0.373 e. The van der Waals surface area contributed by atoms with Crippen LogP contribution in [-0.4, -0.2) is 53.8 Å². The first kappa shape index (κ1) is 16.6. The fourth-order valence-corrected chi connectivity index (χ4v) is 4.16. The van der Waals surface area contributed by atoms with Crippen molar-refractivity contribution in [3.63, 3.8) is 0 Å². The maximum absolute atomic E-state index is 12.8. The summed E-state index contributed by atoms with van der Waals surface area (Å²) in [7, 11) is 0. The lowest BCUT2D eigenvalue weighted by atomic mass is 10.1. The van der Waals surface area contributed by atoms with Gasteiger partial charge in [0.2, 0.25) is 0 Å². The standard InChI is InChI=1S/C20H27N3O2/c1-2-9-23-13-18(17-7-3-4-8-19(17)23)20(24)21-11-16-12-22-10-5-6-15(22)14-25-16/h3-4,7-8,13,15-16H,2,5-6,9-12,14H2,1H3,(H,21,24). The summed E-state index contributed by atoms with van der Waals surface area (Å²) < 4.78 is 8.12. The molecule has 0 aliphatic carbocycles. The Bertz CT molecular complexity index is 754. The summed E-state index contributed by atoms with van der Waals surface area (Å²) in [5.41, 5.74) is 1.89. The summed E-state index contributed by atoms with van der Waals surface area (Å²) >= 11 is 0. The van der Waals surface area contributed by atoms with Crippen molar-refractivity contribution in [3.8, 4) is 0 Å². The fraction of sp³-hybridized carbons (Fsp3) is 0.550. The highest BCUT2D eigenvalue weighted by atomic mass is 16.5. The van der Waals surface area contributed by atoms with Crippen LogP contribution in [-0.2, 0) is 11.3 Å². The molecule has 1 aromatic carbocycles. The van der Waals surface area contributed by atoms with Crippen LogP contribution in [0.5, 0.6) is 0 Å². The van der Waals surface area contributed by atoms with Crippen molar-refractivity contribution in [1.29, 1.82) is 0 Å². The number of nitrogens with one attached hydrogen (secondary N) is 1. The van der Waals surface area contributed by atoms with Crippen molar-refractivity contribution < 1.29 is 9.53 Å². The SMILES string of the molecule is CCCn1cc(C(=O)NCC2CN3CCCC3CO2)c2ccccc21. The van der Waals surface area contributed by atoms with E-state index in [-0.39, 0.29) is 12.0 Å². The average Bonchev–Trinajstić information content (AvgIpc) is 3.24. The van der Waals surface area contributed by atoms with E-state index in [1.165, 1.54) is 19.4 Å². The minimum Gasteiger partial charge on any atom is -0.373 e. The Labute approximate surface area is 148 Å². The van der Waals surface area contributed by atoms with E-state index in [0.717, 1.165) is 42.6 Å². The van der Waals surface area contributed by atoms with E-state index in [9.17, 15) is 4.79 Å². The van der Waals surface area contributed by atoms with Crippen LogP contribution >= 0.6 is 0 Å². The van der Waals surface area contributed by atoms with E-state index in [1.54, 1.807) is 0 Å². The molecule has 2 aliphatic rings. The number of fused-ring (bicyclic) bond motifs is 2. The number of hydrogen-bond acceptors (Lipinski definition) is 3. The molecule has 1 N–H and O–H groups in total. The van der Waals surface area contributed by atoms with E-state index < -0.39 is 0 Å². The lowest BCUT2D eigenvalue weighted by molar-refractivity contribution is -0.0461. The molecule has 5 nitrogen and oxygen atoms in total. The molecule has 2 fully saturated rings. The van der Waals surface area contributed by atoms with Crippen LogP contribution in [0.4, 0.5) is 0 Å². The van der Waals surface area contributed by atoms with E-state index in [1.807, 2.05) is 24.4 Å². The molecule has 0 spiro atoms. The van der Waals surface area contributed by atoms with E-state index in [4.69, 9.17) is 4.74 Å². The fourth-order valence-electron chi connectivity index (χ4n) is 4.16. The molecule has 0 radical (unpaired) electrons. The molecule has 25 heavy (non-hydrogen) atoms. The van der Waals surface area contributed by atoms with Gasteiger partial charge in [0.1, 0.15) is 0 Å². The van der Waals surface area contributed by atoms with Crippen LogP contribution in [0.1, 0.15) is 36.5 Å². The van der Waals surface area contributed by atoms with Gasteiger partial charge in [-0.1, -0.05) is 25.1 Å². The van der Waals surface area contributed by atoms with Gasteiger partial charge in [0.05, 0.1) is 18.3 Å². The second-order valence-electron chi connectivity index (χ2n) is 7.21. The predicted molar refractivity (Wildman–Crippen MR) is 98.9 cm³/mol. The summed E-state index contributed by atoms with van der Waals surface area (Å²) in [6.07, 6.45) is 5.65.